The van der Waals surface area contributed by atoms with Crippen LogP contribution in [0.15, 0.2) is 23.2 Å². The summed E-state index contributed by atoms with van der Waals surface area (Å²) in [6.07, 6.45) is 2.89. The molecule has 0 spiro atoms. The van der Waals surface area contributed by atoms with Crippen LogP contribution < -0.4 is 11.1 Å². The van der Waals surface area contributed by atoms with Gasteiger partial charge in [0.05, 0.1) is 6.04 Å². The van der Waals surface area contributed by atoms with Crippen molar-refractivity contribution in [2.75, 3.05) is 0 Å². The third-order valence-corrected chi connectivity index (χ3v) is 3.36. The van der Waals surface area contributed by atoms with Gasteiger partial charge in [-0.2, -0.15) is 0 Å². The number of hydrogen-bond acceptors (Lipinski definition) is 1. The second-order valence-corrected chi connectivity index (χ2v) is 4.98. The largest absolute Gasteiger partial charge is 0.370 e. The van der Waals surface area contributed by atoms with Crippen molar-refractivity contribution in [3.05, 3.63) is 35.4 Å². The first kappa shape index (κ1) is 11.4. The van der Waals surface area contributed by atoms with E-state index in [1.54, 1.807) is 0 Å². The molecule has 3 rings (SSSR count). The van der Waals surface area contributed by atoms with Gasteiger partial charge >= 0.3 is 0 Å². The summed E-state index contributed by atoms with van der Waals surface area (Å²) < 4.78 is 27.1. The van der Waals surface area contributed by atoms with Crippen LogP contribution in [-0.2, 0) is 0 Å². The molecular formula is C13H15F2N3. The predicted molar refractivity (Wildman–Crippen MR) is 65.3 cm³/mol. The van der Waals surface area contributed by atoms with E-state index in [1.165, 1.54) is 18.2 Å². The molecule has 0 heterocycles. The Kier molecular flexibility index (Phi) is 2.69. The highest BCUT2D eigenvalue weighted by atomic mass is 19.1. The number of guanidine groups is 1. The number of rotatable bonds is 3. The van der Waals surface area contributed by atoms with E-state index in [-0.39, 0.29) is 17.5 Å². The molecule has 0 bridgehead atoms. The lowest BCUT2D eigenvalue weighted by Crippen LogP contribution is -2.33. The number of nitrogens with one attached hydrogen (secondary N) is 1. The first-order chi connectivity index (χ1) is 8.65. The molecule has 1 aromatic rings. The number of hydrogen-bond donors (Lipinski definition) is 2. The molecule has 3 N–H and O–H groups in total. The zero-order valence-electron chi connectivity index (χ0n) is 9.87. The van der Waals surface area contributed by atoms with E-state index in [0.717, 1.165) is 12.8 Å². The molecule has 96 valence electrons. The molecule has 0 aliphatic heterocycles. The van der Waals surface area contributed by atoms with Crippen molar-refractivity contribution in [1.29, 1.82) is 0 Å². The summed E-state index contributed by atoms with van der Waals surface area (Å²) in [5, 5.41) is 3.07. The van der Waals surface area contributed by atoms with E-state index in [1.807, 2.05) is 0 Å². The van der Waals surface area contributed by atoms with Crippen molar-refractivity contribution in [3.63, 3.8) is 0 Å². The monoisotopic (exact) mass is 251 g/mol. The summed E-state index contributed by atoms with van der Waals surface area (Å²) in [6.45, 7) is 0. The third-order valence-electron chi connectivity index (χ3n) is 3.36. The van der Waals surface area contributed by atoms with Gasteiger partial charge in [-0.3, -0.25) is 0 Å². The van der Waals surface area contributed by atoms with Crippen LogP contribution >= 0.6 is 0 Å². The molecule has 2 aliphatic carbocycles. The van der Waals surface area contributed by atoms with Gasteiger partial charge in [0.25, 0.3) is 0 Å². The van der Waals surface area contributed by atoms with Crippen molar-refractivity contribution in [1.82, 2.24) is 5.32 Å². The lowest BCUT2D eigenvalue weighted by atomic mass is 10.1. The van der Waals surface area contributed by atoms with Crippen LogP contribution in [0.5, 0.6) is 0 Å². The molecule has 2 fully saturated rings. The minimum Gasteiger partial charge on any atom is -0.370 e. The average Bonchev–Trinajstić information content (AvgIpc) is 3.18. The van der Waals surface area contributed by atoms with Gasteiger partial charge in [0.2, 0.25) is 0 Å². The Bertz CT molecular complexity index is 477. The minimum absolute atomic E-state index is 0.0948. The van der Waals surface area contributed by atoms with Gasteiger partial charge in [-0.1, -0.05) is 6.07 Å². The molecule has 0 saturated heterocycles. The first-order valence-electron chi connectivity index (χ1n) is 6.19. The Morgan fingerprint density at radius 3 is 2.56 bits per heavy atom. The molecule has 1 aromatic carbocycles. The Morgan fingerprint density at radius 1 is 1.28 bits per heavy atom. The Morgan fingerprint density at radius 2 is 1.94 bits per heavy atom. The lowest BCUT2D eigenvalue weighted by Gasteiger charge is -2.04. The quantitative estimate of drug-likeness (QED) is 0.636. The van der Waals surface area contributed by atoms with Gasteiger partial charge in [-0.25, -0.2) is 13.8 Å². The molecule has 5 heteroatoms. The Labute approximate surface area is 104 Å². The van der Waals surface area contributed by atoms with Gasteiger partial charge in [-0.15, -0.1) is 0 Å². The fraction of sp³-hybridized carbons (Fsp3) is 0.462. The van der Waals surface area contributed by atoms with Crippen LogP contribution in [0, 0.1) is 11.6 Å². The summed E-state index contributed by atoms with van der Waals surface area (Å²) >= 11 is 0. The van der Waals surface area contributed by atoms with Crippen molar-refractivity contribution in [3.8, 4) is 0 Å². The van der Waals surface area contributed by atoms with Gasteiger partial charge < -0.3 is 11.1 Å². The Hall–Kier alpha value is -1.65. The molecule has 0 amide bonds. The van der Waals surface area contributed by atoms with E-state index < -0.39 is 11.6 Å². The van der Waals surface area contributed by atoms with E-state index in [9.17, 15) is 8.78 Å². The molecular weight excluding hydrogens is 236 g/mol. The number of nitrogens with two attached hydrogens (primary N) is 1. The summed E-state index contributed by atoms with van der Waals surface area (Å²) in [5.41, 5.74) is 5.87. The lowest BCUT2D eigenvalue weighted by molar-refractivity contribution is 0.555. The van der Waals surface area contributed by atoms with E-state index in [0.29, 0.717) is 18.4 Å². The molecule has 0 radical (unpaired) electrons. The second kappa shape index (κ2) is 4.23. The van der Waals surface area contributed by atoms with Crippen LogP contribution in [0.1, 0.15) is 30.7 Å². The van der Waals surface area contributed by atoms with Crippen LogP contribution in [-0.4, -0.2) is 18.0 Å². The Balaban J connectivity index is 1.69. The first-order valence-corrected chi connectivity index (χ1v) is 6.19. The molecule has 2 saturated carbocycles. The fourth-order valence-corrected chi connectivity index (χ4v) is 2.15. The van der Waals surface area contributed by atoms with E-state index in [4.69, 9.17) is 5.73 Å². The standard InChI is InChI=1S/C13H15F2N3/c14-9-2-1-3-10(15)12(9)8-6-11(8)18-13(16)17-7-4-5-7/h1-3,7-8,11H,4-6H2,(H3,16,17,18)/t8-,11-/m1/s1. The second-order valence-electron chi connectivity index (χ2n) is 4.98. The summed E-state index contributed by atoms with van der Waals surface area (Å²) in [6, 6.07) is 4.28. The number of benzene rings is 1. The van der Waals surface area contributed by atoms with Crippen molar-refractivity contribution in [2.24, 2.45) is 10.7 Å². The summed E-state index contributed by atoms with van der Waals surface area (Å²) in [4.78, 5) is 4.26. The smallest absolute Gasteiger partial charge is 0.189 e. The van der Waals surface area contributed by atoms with E-state index in [2.05, 4.69) is 10.3 Å². The molecule has 3 nitrogen and oxygen atoms in total. The SMILES string of the molecule is NC(=N[C@@H]1C[C@H]1c1c(F)cccc1F)NC1CC1. The van der Waals surface area contributed by atoms with Crippen LogP contribution in [0.3, 0.4) is 0 Å². The minimum atomic E-state index is -0.494. The molecule has 2 aliphatic rings. The van der Waals surface area contributed by atoms with Gasteiger partial charge in [0.1, 0.15) is 11.6 Å². The van der Waals surface area contributed by atoms with Gasteiger partial charge in [0.15, 0.2) is 5.96 Å². The zero-order chi connectivity index (χ0) is 12.7. The normalized spacial score (nSPS) is 27.1. The predicted octanol–water partition coefficient (Wildman–Crippen LogP) is 1.89. The highest BCUT2D eigenvalue weighted by Crippen LogP contribution is 2.45. The maximum atomic E-state index is 13.5. The zero-order valence-corrected chi connectivity index (χ0v) is 9.87. The number of halogens is 2. The molecule has 18 heavy (non-hydrogen) atoms. The molecule has 0 unspecified atom stereocenters. The summed E-state index contributed by atoms with van der Waals surface area (Å²) in [7, 11) is 0. The van der Waals surface area contributed by atoms with Crippen LogP contribution in [0.25, 0.3) is 0 Å². The topological polar surface area (TPSA) is 50.4 Å². The highest BCUT2D eigenvalue weighted by molar-refractivity contribution is 5.79. The van der Waals surface area contributed by atoms with Crippen molar-refractivity contribution in [2.45, 2.75) is 37.3 Å². The number of aliphatic imine (C=N–C) groups is 1. The highest BCUT2D eigenvalue weighted by Gasteiger charge is 2.42. The summed E-state index contributed by atoms with van der Waals surface area (Å²) in [5.74, 6) is -0.773. The number of nitrogens with zero attached hydrogens (tertiary/aromatic N) is 1. The maximum Gasteiger partial charge on any atom is 0.189 e. The maximum absolute atomic E-state index is 13.5. The molecule has 2 atom stereocenters. The van der Waals surface area contributed by atoms with Crippen molar-refractivity contribution >= 4 is 5.96 Å². The van der Waals surface area contributed by atoms with Crippen LogP contribution in [0.2, 0.25) is 0 Å². The van der Waals surface area contributed by atoms with Gasteiger partial charge in [0, 0.05) is 17.5 Å². The average molecular weight is 251 g/mol. The third kappa shape index (κ3) is 2.30. The van der Waals surface area contributed by atoms with Crippen LogP contribution in [0.4, 0.5) is 8.78 Å². The van der Waals surface area contributed by atoms with Crippen molar-refractivity contribution < 1.29 is 8.78 Å². The van der Waals surface area contributed by atoms with Gasteiger partial charge in [-0.05, 0) is 31.4 Å². The van der Waals surface area contributed by atoms with E-state index >= 15 is 0 Å². The fourth-order valence-electron chi connectivity index (χ4n) is 2.15. The molecule has 0 aromatic heterocycles.